The highest BCUT2D eigenvalue weighted by Crippen LogP contribution is 2.12. The fraction of sp³-hybridized carbons (Fsp3) is 0.375. The topological polar surface area (TPSA) is 42.4 Å². The van der Waals surface area contributed by atoms with Gasteiger partial charge in [-0.1, -0.05) is 12.1 Å². The number of nitrogens with two attached hydrogens (primary N) is 1. The molecule has 0 saturated heterocycles. The van der Waals surface area contributed by atoms with Gasteiger partial charge in [0.05, 0.1) is 6.26 Å². The van der Waals surface area contributed by atoms with Crippen LogP contribution in [0, 0.1) is 6.92 Å². The monoisotopic (exact) mass is 258 g/mol. The van der Waals surface area contributed by atoms with E-state index in [0.717, 1.165) is 37.4 Å². The van der Waals surface area contributed by atoms with Crippen LogP contribution in [0.3, 0.4) is 0 Å². The lowest BCUT2D eigenvalue weighted by Crippen LogP contribution is -2.19. The van der Waals surface area contributed by atoms with Crippen LogP contribution in [0.1, 0.15) is 23.3 Å². The van der Waals surface area contributed by atoms with Crippen LogP contribution in [0.15, 0.2) is 41.0 Å². The summed E-state index contributed by atoms with van der Waals surface area (Å²) in [7, 11) is 2.15. The highest BCUT2D eigenvalue weighted by molar-refractivity contribution is 5.39. The van der Waals surface area contributed by atoms with Crippen LogP contribution in [0.5, 0.6) is 0 Å². The number of nitrogens with zero attached hydrogens (tertiary/aromatic N) is 1. The lowest BCUT2D eigenvalue weighted by molar-refractivity contribution is 0.319. The summed E-state index contributed by atoms with van der Waals surface area (Å²) in [6, 6.07) is 10.2. The van der Waals surface area contributed by atoms with E-state index in [1.54, 1.807) is 6.26 Å². The molecule has 0 atom stereocenters. The molecule has 0 fully saturated rings. The van der Waals surface area contributed by atoms with E-state index in [1.165, 1.54) is 11.1 Å². The number of benzene rings is 1. The largest absolute Gasteiger partial charge is 0.469 e. The molecule has 19 heavy (non-hydrogen) atoms. The average molecular weight is 258 g/mol. The van der Waals surface area contributed by atoms with E-state index < -0.39 is 0 Å². The molecule has 2 rings (SSSR count). The highest BCUT2D eigenvalue weighted by atomic mass is 16.3. The van der Waals surface area contributed by atoms with Gasteiger partial charge < -0.3 is 15.1 Å². The second kappa shape index (κ2) is 6.43. The maximum Gasteiger partial charge on any atom is 0.105 e. The molecule has 0 radical (unpaired) electrons. The predicted octanol–water partition coefficient (Wildman–Crippen LogP) is 3.23. The zero-order valence-corrected chi connectivity index (χ0v) is 11.7. The van der Waals surface area contributed by atoms with Crippen molar-refractivity contribution in [2.45, 2.75) is 26.3 Å². The van der Waals surface area contributed by atoms with Crippen LogP contribution >= 0.6 is 0 Å². The molecule has 0 aliphatic heterocycles. The van der Waals surface area contributed by atoms with Crippen molar-refractivity contribution >= 4 is 5.69 Å². The number of hydrogen-bond donors (Lipinski definition) is 1. The summed E-state index contributed by atoms with van der Waals surface area (Å²) in [5.41, 5.74) is 9.13. The number of aryl methyl sites for hydroxylation is 2. The Morgan fingerprint density at radius 3 is 2.53 bits per heavy atom. The number of hydrogen-bond acceptors (Lipinski definition) is 3. The molecule has 2 aromatic rings. The van der Waals surface area contributed by atoms with Crippen molar-refractivity contribution in [3.8, 4) is 0 Å². The predicted molar refractivity (Wildman–Crippen MR) is 79.0 cm³/mol. The fourth-order valence-corrected chi connectivity index (χ4v) is 2.18. The van der Waals surface area contributed by atoms with E-state index in [4.69, 9.17) is 10.2 Å². The molecular formula is C16H22N2O. The van der Waals surface area contributed by atoms with Crippen molar-refractivity contribution in [3.63, 3.8) is 0 Å². The zero-order valence-electron chi connectivity index (χ0n) is 11.7. The minimum absolute atomic E-state index is 0.830. The Labute approximate surface area is 115 Å². The molecule has 0 bridgehead atoms. The molecule has 0 aliphatic carbocycles. The molecule has 3 heteroatoms. The summed E-state index contributed by atoms with van der Waals surface area (Å²) in [5, 5.41) is 0. The molecule has 1 heterocycles. The molecule has 2 N–H and O–H groups in total. The van der Waals surface area contributed by atoms with Gasteiger partial charge in [0.25, 0.3) is 0 Å². The molecule has 0 aliphatic rings. The summed E-state index contributed by atoms with van der Waals surface area (Å²) in [4.78, 5) is 2.33. The van der Waals surface area contributed by atoms with Crippen molar-refractivity contribution in [3.05, 3.63) is 53.5 Å². The van der Waals surface area contributed by atoms with Crippen LogP contribution in [-0.2, 0) is 13.0 Å². The van der Waals surface area contributed by atoms with Gasteiger partial charge >= 0.3 is 0 Å². The van der Waals surface area contributed by atoms with Gasteiger partial charge in [0.2, 0.25) is 0 Å². The highest BCUT2D eigenvalue weighted by Gasteiger charge is 2.05. The number of anilines is 1. The Morgan fingerprint density at radius 1 is 1.16 bits per heavy atom. The third-order valence-corrected chi connectivity index (χ3v) is 3.39. The first-order chi connectivity index (χ1) is 9.15. The molecule has 0 saturated carbocycles. The molecule has 102 valence electrons. The summed E-state index contributed by atoms with van der Waals surface area (Å²) in [6.45, 7) is 4.04. The van der Waals surface area contributed by atoms with E-state index in [9.17, 15) is 0 Å². The Hall–Kier alpha value is -1.74. The van der Waals surface area contributed by atoms with Gasteiger partial charge in [-0.25, -0.2) is 0 Å². The number of rotatable bonds is 6. The zero-order chi connectivity index (χ0) is 13.7. The second-order valence-corrected chi connectivity index (χ2v) is 5.08. The minimum Gasteiger partial charge on any atom is -0.469 e. The van der Waals surface area contributed by atoms with Crippen LogP contribution in [-0.4, -0.2) is 18.5 Å². The standard InChI is InChI=1S/C16H22N2O/c1-13-15(9-11-19-13)12-18(2)10-3-4-14-5-7-16(17)8-6-14/h5-9,11H,3-4,10,12,17H2,1-2H3. The van der Waals surface area contributed by atoms with Crippen molar-refractivity contribution in [1.29, 1.82) is 0 Å². The van der Waals surface area contributed by atoms with Crippen LogP contribution in [0.2, 0.25) is 0 Å². The van der Waals surface area contributed by atoms with E-state index >= 15 is 0 Å². The molecule has 3 nitrogen and oxygen atoms in total. The summed E-state index contributed by atoms with van der Waals surface area (Å²) >= 11 is 0. The van der Waals surface area contributed by atoms with E-state index in [0.29, 0.717) is 0 Å². The van der Waals surface area contributed by atoms with E-state index in [2.05, 4.69) is 24.1 Å². The van der Waals surface area contributed by atoms with E-state index in [1.807, 2.05) is 25.1 Å². The van der Waals surface area contributed by atoms with Gasteiger partial charge in [-0.2, -0.15) is 0 Å². The lowest BCUT2D eigenvalue weighted by atomic mass is 10.1. The molecule has 0 spiro atoms. The molecular weight excluding hydrogens is 236 g/mol. The van der Waals surface area contributed by atoms with Gasteiger partial charge in [0, 0.05) is 17.8 Å². The first-order valence-electron chi connectivity index (χ1n) is 6.71. The van der Waals surface area contributed by atoms with Gasteiger partial charge in [0.1, 0.15) is 5.76 Å². The smallest absolute Gasteiger partial charge is 0.105 e. The Bertz CT molecular complexity index is 502. The van der Waals surface area contributed by atoms with Crippen LogP contribution in [0.25, 0.3) is 0 Å². The van der Waals surface area contributed by atoms with Gasteiger partial charge in [-0.15, -0.1) is 0 Å². The molecule has 0 amide bonds. The SMILES string of the molecule is Cc1occc1CN(C)CCCc1ccc(N)cc1. The maximum atomic E-state index is 5.68. The van der Waals surface area contributed by atoms with Gasteiger partial charge in [0.15, 0.2) is 0 Å². The van der Waals surface area contributed by atoms with Gasteiger partial charge in [-0.3, -0.25) is 0 Å². The Kier molecular flexibility index (Phi) is 4.63. The normalized spacial score (nSPS) is 11.1. The minimum atomic E-state index is 0.830. The Morgan fingerprint density at radius 2 is 1.89 bits per heavy atom. The summed E-state index contributed by atoms with van der Waals surface area (Å²) in [5.74, 6) is 1.02. The third-order valence-electron chi connectivity index (χ3n) is 3.39. The first-order valence-corrected chi connectivity index (χ1v) is 6.71. The first kappa shape index (κ1) is 13.7. The quantitative estimate of drug-likeness (QED) is 0.809. The summed E-state index contributed by atoms with van der Waals surface area (Å²) in [6.07, 6.45) is 4.00. The van der Waals surface area contributed by atoms with Crippen molar-refractivity contribution in [2.24, 2.45) is 0 Å². The van der Waals surface area contributed by atoms with E-state index in [-0.39, 0.29) is 0 Å². The fourth-order valence-electron chi connectivity index (χ4n) is 2.18. The average Bonchev–Trinajstić information content (AvgIpc) is 2.78. The molecule has 1 aromatic carbocycles. The maximum absolute atomic E-state index is 5.68. The third kappa shape index (κ3) is 4.14. The van der Waals surface area contributed by atoms with Crippen molar-refractivity contribution in [1.82, 2.24) is 4.90 Å². The van der Waals surface area contributed by atoms with Crippen LogP contribution < -0.4 is 5.73 Å². The van der Waals surface area contributed by atoms with Gasteiger partial charge in [-0.05, 0) is 57.1 Å². The second-order valence-electron chi connectivity index (χ2n) is 5.08. The Balaban J connectivity index is 1.73. The van der Waals surface area contributed by atoms with Crippen molar-refractivity contribution < 1.29 is 4.42 Å². The summed E-state index contributed by atoms with van der Waals surface area (Å²) < 4.78 is 5.31. The number of nitrogen functional groups attached to an aromatic ring is 1. The molecule has 0 unspecified atom stereocenters. The van der Waals surface area contributed by atoms with Crippen LogP contribution in [0.4, 0.5) is 5.69 Å². The lowest BCUT2D eigenvalue weighted by Gasteiger charge is -2.16. The molecule has 1 aromatic heterocycles. The van der Waals surface area contributed by atoms with Crippen molar-refractivity contribution in [2.75, 3.05) is 19.3 Å². The number of furan rings is 1.